The standard InChI is InChI=1S/C11H12BrN3O/c1-2-6-15-11(16)10(12)9(7-13-15)14-8-4-3-5-8/h1,7-8,14H,3-6H2. The van der Waals surface area contributed by atoms with Gasteiger partial charge in [0.1, 0.15) is 11.0 Å². The Bertz CT molecular complexity index is 485. The van der Waals surface area contributed by atoms with Crippen LogP contribution in [0, 0.1) is 12.3 Å². The van der Waals surface area contributed by atoms with Crippen molar-refractivity contribution in [1.82, 2.24) is 9.78 Å². The molecule has 1 fully saturated rings. The van der Waals surface area contributed by atoms with Crippen LogP contribution in [0.5, 0.6) is 0 Å². The fourth-order valence-electron chi connectivity index (χ4n) is 1.54. The van der Waals surface area contributed by atoms with Gasteiger partial charge in [-0.15, -0.1) is 6.42 Å². The number of hydrogen-bond acceptors (Lipinski definition) is 3. The monoisotopic (exact) mass is 281 g/mol. The largest absolute Gasteiger partial charge is 0.380 e. The van der Waals surface area contributed by atoms with Crippen LogP contribution in [-0.2, 0) is 6.54 Å². The predicted molar refractivity (Wildman–Crippen MR) is 66.3 cm³/mol. The Balaban J connectivity index is 2.24. The van der Waals surface area contributed by atoms with E-state index >= 15 is 0 Å². The minimum Gasteiger partial charge on any atom is -0.380 e. The maximum atomic E-state index is 11.8. The zero-order chi connectivity index (χ0) is 11.5. The van der Waals surface area contributed by atoms with Crippen LogP contribution in [0.4, 0.5) is 5.69 Å². The lowest BCUT2D eigenvalue weighted by Gasteiger charge is -2.27. The molecule has 0 saturated heterocycles. The maximum Gasteiger partial charge on any atom is 0.284 e. The third-order valence-electron chi connectivity index (χ3n) is 2.69. The van der Waals surface area contributed by atoms with E-state index < -0.39 is 0 Å². The van der Waals surface area contributed by atoms with Gasteiger partial charge in [0, 0.05) is 6.04 Å². The van der Waals surface area contributed by atoms with Crippen molar-refractivity contribution >= 4 is 21.6 Å². The SMILES string of the molecule is C#CCn1ncc(NC2CCC2)c(Br)c1=O. The van der Waals surface area contributed by atoms with Gasteiger partial charge in [-0.2, -0.15) is 5.10 Å². The molecule has 0 radical (unpaired) electrons. The van der Waals surface area contributed by atoms with E-state index in [9.17, 15) is 4.79 Å². The molecule has 0 aromatic carbocycles. The van der Waals surface area contributed by atoms with E-state index in [0.717, 1.165) is 18.5 Å². The van der Waals surface area contributed by atoms with Crippen LogP contribution in [0.15, 0.2) is 15.5 Å². The molecular weight excluding hydrogens is 270 g/mol. The molecule has 1 aliphatic carbocycles. The van der Waals surface area contributed by atoms with Gasteiger partial charge >= 0.3 is 0 Å². The smallest absolute Gasteiger partial charge is 0.284 e. The first-order valence-electron chi connectivity index (χ1n) is 5.18. The van der Waals surface area contributed by atoms with Crippen molar-refractivity contribution in [2.24, 2.45) is 0 Å². The van der Waals surface area contributed by atoms with Crippen molar-refractivity contribution in [3.8, 4) is 12.3 Å². The van der Waals surface area contributed by atoms with Gasteiger partial charge in [0.15, 0.2) is 0 Å². The van der Waals surface area contributed by atoms with Crippen molar-refractivity contribution in [3.63, 3.8) is 0 Å². The van der Waals surface area contributed by atoms with Crippen molar-refractivity contribution in [2.75, 3.05) is 5.32 Å². The van der Waals surface area contributed by atoms with E-state index in [1.807, 2.05) is 0 Å². The molecule has 5 heteroatoms. The summed E-state index contributed by atoms with van der Waals surface area (Å²) < 4.78 is 1.76. The minimum atomic E-state index is -0.192. The fourth-order valence-corrected chi connectivity index (χ4v) is 1.96. The fraction of sp³-hybridized carbons (Fsp3) is 0.455. The second kappa shape index (κ2) is 4.71. The van der Waals surface area contributed by atoms with Crippen molar-refractivity contribution in [3.05, 3.63) is 21.0 Å². The molecule has 1 aromatic rings. The number of nitrogens with one attached hydrogen (secondary N) is 1. The highest BCUT2D eigenvalue weighted by Gasteiger charge is 2.19. The first kappa shape index (κ1) is 11.2. The van der Waals surface area contributed by atoms with Crippen LogP contribution in [0.2, 0.25) is 0 Å². The summed E-state index contributed by atoms with van der Waals surface area (Å²) in [6.45, 7) is 0.196. The zero-order valence-electron chi connectivity index (χ0n) is 8.74. The van der Waals surface area contributed by atoms with Crippen molar-refractivity contribution in [2.45, 2.75) is 31.8 Å². The van der Waals surface area contributed by atoms with Crippen LogP contribution in [0.3, 0.4) is 0 Å². The summed E-state index contributed by atoms with van der Waals surface area (Å²) in [4.78, 5) is 11.8. The summed E-state index contributed by atoms with van der Waals surface area (Å²) >= 11 is 3.28. The molecule has 0 spiro atoms. The van der Waals surface area contributed by atoms with E-state index in [2.05, 4.69) is 32.3 Å². The second-order valence-corrected chi connectivity index (χ2v) is 4.60. The molecule has 4 nitrogen and oxygen atoms in total. The molecule has 1 aromatic heterocycles. The molecule has 84 valence electrons. The summed E-state index contributed by atoms with van der Waals surface area (Å²) in [6.07, 6.45) is 10.3. The first-order chi connectivity index (χ1) is 7.72. The lowest BCUT2D eigenvalue weighted by molar-refractivity contribution is 0.445. The highest BCUT2D eigenvalue weighted by atomic mass is 79.9. The number of terminal acetylenes is 1. The van der Waals surface area contributed by atoms with Gasteiger partial charge in [-0.1, -0.05) is 5.92 Å². The Kier molecular flexibility index (Phi) is 3.30. The van der Waals surface area contributed by atoms with Crippen molar-refractivity contribution < 1.29 is 0 Å². The Morgan fingerprint density at radius 3 is 3.00 bits per heavy atom. The van der Waals surface area contributed by atoms with Crippen LogP contribution >= 0.6 is 15.9 Å². The molecule has 1 saturated carbocycles. The van der Waals surface area contributed by atoms with E-state index in [4.69, 9.17) is 6.42 Å². The molecule has 16 heavy (non-hydrogen) atoms. The lowest BCUT2D eigenvalue weighted by atomic mass is 9.93. The summed E-state index contributed by atoms with van der Waals surface area (Å²) in [5.74, 6) is 2.39. The number of anilines is 1. The predicted octanol–water partition coefficient (Wildman–Crippen LogP) is 1.60. The normalized spacial score (nSPS) is 15.2. The molecule has 0 atom stereocenters. The minimum absolute atomic E-state index is 0.192. The second-order valence-electron chi connectivity index (χ2n) is 3.81. The molecule has 1 heterocycles. The number of aromatic nitrogens is 2. The average molecular weight is 282 g/mol. The Morgan fingerprint density at radius 2 is 2.44 bits per heavy atom. The summed E-state index contributed by atoms with van der Waals surface area (Å²) in [5.41, 5.74) is 0.560. The van der Waals surface area contributed by atoms with Gasteiger partial charge in [0.2, 0.25) is 0 Å². The molecular formula is C11H12BrN3O. The third kappa shape index (κ3) is 2.12. The molecule has 1 N–H and O–H groups in total. The Labute approximate surface area is 102 Å². The molecule has 0 bridgehead atoms. The van der Waals surface area contributed by atoms with Crippen LogP contribution in [0.25, 0.3) is 0 Å². The molecule has 0 unspecified atom stereocenters. The lowest BCUT2D eigenvalue weighted by Crippen LogP contribution is -2.30. The van der Waals surface area contributed by atoms with Gasteiger partial charge in [-0.25, -0.2) is 4.68 Å². The molecule has 1 aliphatic rings. The first-order valence-corrected chi connectivity index (χ1v) is 5.97. The van der Waals surface area contributed by atoms with E-state index in [1.165, 1.54) is 11.1 Å². The summed E-state index contributed by atoms with van der Waals surface area (Å²) in [5, 5.41) is 7.29. The van der Waals surface area contributed by atoms with Gasteiger partial charge in [0.05, 0.1) is 11.9 Å². The molecule has 0 aliphatic heterocycles. The van der Waals surface area contributed by atoms with Gasteiger partial charge < -0.3 is 5.32 Å². The summed E-state index contributed by atoms with van der Waals surface area (Å²) in [6, 6.07) is 0.473. The third-order valence-corrected chi connectivity index (χ3v) is 3.46. The van der Waals surface area contributed by atoms with Gasteiger partial charge in [-0.05, 0) is 35.2 Å². The molecule has 2 rings (SSSR count). The van der Waals surface area contributed by atoms with Crippen LogP contribution in [-0.4, -0.2) is 15.8 Å². The highest BCUT2D eigenvalue weighted by Crippen LogP contribution is 2.25. The summed E-state index contributed by atoms with van der Waals surface area (Å²) in [7, 11) is 0. The zero-order valence-corrected chi connectivity index (χ0v) is 10.3. The molecule has 0 amide bonds. The van der Waals surface area contributed by atoms with E-state index in [1.54, 1.807) is 6.20 Å². The quantitative estimate of drug-likeness (QED) is 0.857. The maximum absolute atomic E-state index is 11.8. The number of hydrogen-bond donors (Lipinski definition) is 1. The highest BCUT2D eigenvalue weighted by molar-refractivity contribution is 9.10. The van der Waals surface area contributed by atoms with Crippen LogP contribution < -0.4 is 10.9 Å². The van der Waals surface area contributed by atoms with E-state index in [-0.39, 0.29) is 12.1 Å². The van der Waals surface area contributed by atoms with Crippen LogP contribution in [0.1, 0.15) is 19.3 Å². The van der Waals surface area contributed by atoms with Gasteiger partial charge in [-0.3, -0.25) is 4.79 Å². The number of nitrogens with zero attached hydrogens (tertiary/aromatic N) is 2. The number of rotatable bonds is 3. The van der Waals surface area contributed by atoms with Crippen molar-refractivity contribution in [1.29, 1.82) is 0 Å². The average Bonchev–Trinajstić information content (AvgIpc) is 2.21. The van der Waals surface area contributed by atoms with Gasteiger partial charge in [0.25, 0.3) is 5.56 Å². The topological polar surface area (TPSA) is 46.9 Å². The number of halogens is 1. The Morgan fingerprint density at radius 1 is 1.69 bits per heavy atom. The Hall–Kier alpha value is -1.28. The van der Waals surface area contributed by atoms with E-state index in [0.29, 0.717) is 10.5 Å².